The van der Waals surface area contributed by atoms with Gasteiger partial charge in [0.05, 0.1) is 11.8 Å². The third kappa shape index (κ3) is 2.39. The number of methoxy groups -OCH3 is 1. The van der Waals surface area contributed by atoms with Crippen LogP contribution < -0.4 is 10.2 Å². The van der Waals surface area contributed by atoms with E-state index in [1.54, 1.807) is 7.11 Å². The number of imidazole rings is 1. The molecule has 1 fully saturated rings. The Balaban J connectivity index is 1.92. The van der Waals surface area contributed by atoms with Crippen LogP contribution in [0, 0.1) is 0 Å². The molecule has 0 radical (unpaired) electrons. The van der Waals surface area contributed by atoms with Crippen LogP contribution in [0.15, 0.2) is 24.4 Å². The SMILES string of the molecule is CNCc1c(N2CCC(OC)CC2)nc2ccccn12. The number of ether oxygens (including phenoxy) is 1. The molecule has 20 heavy (non-hydrogen) atoms. The van der Waals surface area contributed by atoms with Gasteiger partial charge < -0.3 is 19.4 Å². The molecule has 0 aliphatic carbocycles. The summed E-state index contributed by atoms with van der Waals surface area (Å²) in [5.41, 5.74) is 2.25. The summed E-state index contributed by atoms with van der Waals surface area (Å²) in [6.45, 7) is 2.85. The minimum Gasteiger partial charge on any atom is -0.381 e. The van der Waals surface area contributed by atoms with Gasteiger partial charge in [-0.3, -0.25) is 0 Å². The van der Waals surface area contributed by atoms with Crippen molar-refractivity contribution in [1.29, 1.82) is 0 Å². The van der Waals surface area contributed by atoms with Crippen molar-refractivity contribution in [3.8, 4) is 0 Å². The Morgan fingerprint density at radius 2 is 2.15 bits per heavy atom. The molecule has 5 nitrogen and oxygen atoms in total. The highest BCUT2D eigenvalue weighted by Crippen LogP contribution is 2.25. The van der Waals surface area contributed by atoms with E-state index < -0.39 is 0 Å². The molecule has 0 aromatic carbocycles. The average Bonchev–Trinajstić information content (AvgIpc) is 2.87. The van der Waals surface area contributed by atoms with E-state index in [0.29, 0.717) is 6.10 Å². The zero-order valence-corrected chi connectivity index (χ0v) is 12.2. The second-order valence-corrected chi connectivity index (χ2v) is 5.26. The molecule has 0 atom stereocenters. The fourth-order valence-corrected chi connectivity index (χ4v) is 2.92. The van der Waals surface area contributed by atoms with Crippen LogP contribution in [0.2, 0.25) is 0 Å². The first-order valence-electron chi connectivity index (χ1n) is 7.21. The lowest BCUT2D eigenvalue weighted by Gasteiger charge is -2.32. The predicted octanol–water partition coefficient (Wildman–Crippen LogP) is 1.67. The third-order valence-electron chi connectivity index (χ3n) is 4.03. The van der Waals surface area contributed by atoms with Crippen LogP contribution in [0.5, 0.6) is 0 Å². The van der Waals surface area contributed by atoms with Gasteiger partial charge in [-0.25, -0.2) is 4.98 Å². The fraction of sp³-hybridized carbons (Fsp3) is 0.533. The van der Waals surface area contributed by atoms with Crippen LogP contribution in [0.25, 0.3) is 5.65 Å². The van der Waals surface area contributed by atoms with E-state index in [1.165, 1.54) is 5.69 Å². The van der Waals surface area contributed by atoms with Crippen LogP contribution in [0.1, 0.15) is 18.5 Å². The van der Waals surface area contributed by atoms with Crippen molar-refractivity contribution in [3.63, 3.8) is 0 Å². The van der Waals surface area contributed by atoms with Gasteiger partial charge in [0.15, 0.2) is 5.82 Å². The molecule has 1 saturated heterocycles. The molecule has 2 aromatic heterocycles. The van der Waals surface area contributed by atoms with Crippen molar-refractivity contribution >= 4 is 11.5 Å². The first-order valence-corrected chi connectivity index (χ1v) is 7.21. The van der Waals surface area contributed by atoms with Crippen LogP contribution in [0.4, 0.5) is 5.82 Å². The highest BCUT2D eigenvalue weighted by Gasteiger charge is 2.23. The Hall–Kier alpha value is -1.59. The third-order valence-corrected chi connectivity index (χ3v) is 4.03. The number of hydrogen-bond donors (Lipinski definition) is 1. The van der Waals surface area contributed by atoms with E-state index >= 15 is 0 Å². The van der Waals surface area contributed by atoms with E-state index in [1.807, 2.05) is 13.1 Å². The predicted molar refractivity (Wildman–Crippen MR) is 80.2 cm³/mol. The zero-order valence-electron chi connectivity index (χ0n) is 12.2. The zero-order chi connectivity index (χ0) is 13.9. The number of pyridine rings is 1. The first kappa shape index (κ1) is 13.4. The lowest BCUT2D eigenvalue weighted by molar-refractivity contribution is 0.0818. The summed E-state index contributed by atoms with van der Waals surface area (Å²) in [4.78, 5) is 7.20. The molecule has 1 N–H and O–H groups in total. The minimum absolute atomic E-state index is 0.399. The van der Waals surface area contributed by atoms with Gasteiger partial charge in [-0.1, -0.05) is 6.07 Å². The second kappa shape index (κ2) is 5.81. The quantitative estimate of drug-likeness (QED) is 0.921. The number of nitrogens with zero attached hydrogens (tertiary/aromatic N) is 3. The van der Waals surface area contributed by atoms with Gasteiger partial charge in [-0.2, -0.15) is 0 Å². The Morgan fingerprint density at radius 3 is 2.85 bits per heavy atom. The van der Waals surface area contributed by atoms with Crippen LogP contribution in [0.3, 0.4) is 0 Å². The average molecular weight is 274 g/mol. The van der Waals surface area contributed by atoms with Gasteiger partial charge in [0.25, 0.3) is 0 Å². The Kier molecular flexibility index (Phi) is 3.89. The number of hydrogen-bond acceptors (Lipinski definition) is 4. The van der Waals surface area contributed by atoms with Gasteiger partial charge in [0, 0.05) is 32.9 Å². The Labute approximate surface area is 119 Å². The standard InChI is InChI=1S/C15H22N4O/c1-16-11-13-15(17-14-5-3-4-8-19(13)14)18-9-6-12(20-2)7-10-18/h3-5,8,12,16H,6-7,9-11H2,1-2H3. The number of aromatic nitrogens is 2. The monoisotopic (exact) mass is 274 g/mol. The summed E-state index contributed by atoms with van der Waals surface area (Å²) in [5.74, 6) is 1.11. The lowest BCUT2D eigenvalue weighted by atomic mass is 10.1. The summed E-state index contributed by atoms with van der Waals surface area (Å²) < 4.78 is 7.62. The Bertz CT molecular complexity index is 572. The summed E-state index contributed by atoms with van der Waals surface area (Å²) in [5, 5.41) is 3.25. The molecule has 3 rings (SSSR count). The van der Waals surface area contributed by atoms with Crippen molar-refractivity contribution in [2.24, 2.45) is 0 Å². The molecule has 0 saturated carbocycles. The highest BCUT2D eigenvalue weighted by atomic mass is 16.5. The van der Waals surface area contributed by atoms with E-state index in [9.17, 15) is 0 Å². The molecular weight excluding hydrogens is 252 g/mol. The number of nitrogens with one attached hydrogen (secondary N) is 1. The van der Waals surface area contributed by atoms with Crippen molar-refractivity contribution in [2.75, 3.05) is 32.1 Å². The van der Waals surface area contributed by atoms with E-state index in [-0.39, 0.29) is 0 Å². The van der Waals surface area contributed by atoms with Crippen molar-refractivity contribution in [3.05, 3.63) is 30.1 Å². The largest absolute Gasteiger partial charge is 0.381 e. The van der Waals surface area contributed by atoms with Gasteiger partial charge in [0.2, 0.25) is 0 Å². The summed E-state index contributed by atoms with van der Waals surface area (Å²) >= 11 is 0. The molecule has 108 valence electrons. The molecule has 0 amide bonds. The highest BCUT2D eigenvalue weighted by molar-refractivity contribution is 5.56. The molecular formula is C15H22N4O. The fourth-order valence-electron chi connectivity index (χ4n) is 2.92. The van der Waals surface area contributed by atoms with Gasteiger partial charge in [-0.15, -0.1) is 0 Å². The number of anilines is 1. The lowest BCUT2D eigenvalue weighted by Crippen LogP contribution is -2.37. The topological polar surface area (TPSA) is 41.8 Å². The van der Waals surface area contributed by atoms with Crippen LogP contribution in [-0.2, 0) is 11.3 Å². The van der Waals surface area contributed by atoms with Crippen molar-refractivity contribution in [2.45, 2.75) is 25.5 Å². The maximum atomic E-state index is 5.45. The molecule has 0 bridgehead atoms. The molecule has 2 aromatic rings. The molecule has 0 spiro atoms. The smallest absolute Gasteiger partial charge is 0.152 e. The Morgan fingerprint density at radius 1 is 1.35 bits per heavy atom. The van der Waals surface area contributed by atoms with Crippen LogP contribution in [-0.4, -0.2) is 42.7 Å². The molecule has 3 heterocycles. The maximum Gasteiger partial charge on any atom is 0.152 e. The molecule has 5 heteroatoms. The van der Waals surface area contributed by atoms with Crippen LogP contribution >= 0.6 is 0 Å². The van der Waals surface area contributed by atoms with E-state index in [4.69, 9.17) is 9.72 Å². The van der Waals surface area contributed by atoms with Gasteiger partial charge in [0.1, 0.15) is 5.65 Å². The number of rotatable bonds is 4. The van der Waals surface area contributed by atoms with Crippen molar-refractivity contribution in [1.82, 2.24) is 14.7 Å². The van der Waals surface area contributed by atoms with Crippen molar-refractivity contribution < 1.29 is 4.74 Å². The maximum absolute atomic E-state index is 5.45. The summed E-state index contributed by atoms with van der Waals surface area (Å²) in [7, 11) is 3.78. The van der Waals surface area contributed by atoms with Gasteiger partial charge >= 0.3 is 0 Å². The van der Waals surface area contributed by atoms with E-state index in [0.717, 1.165) is 43.9 Å². The molecule has 1 aliphatic rings. The number of piperidine rings is 1. The number of fused-ring (bicyclic) bond motifs is 1. The molecule has 1 aliphatic heterocycles. The molecule has 0 unspecified atom stereocenters. The summed E-state index contributed by atoms with van der Waals surface area (Å²) in [6, 6.07) is 6.14. The second-order valence-electron chi connectivity index (χ2n) is 5.26. The minimum atomic E-state index is 0.399. The normalized spacial score (nSPS) is 17.0. The van der Waals surface area contributed by atoms with Gasteiger partial charge in [-0.05, 0) is 32.0 Å². The van der Waals surface area contributed by atoms with E-state index in [2.05, 4.69) is 32.9 Å². The summed E-state index contributed by atoms with van der Waals surface area (Å²) in [6.07, 6.45) is 4.63. The first-order chi connectivity index (χ1) is 9.83.